The van der Waals surface area contributed by atoms with Crippen molar-refractivity contribution in [3.8, 4) is 5.75 Å². The molecule has 132 valence electrons. The Bertz CT molecular complexity index is 734. The molecule has 0 unspecified atom stereocenters. The molecule has 2 amide bonds. The van der Waals surface area contributed by atoms with Crippen molar-refractivity contribution < 1.29 is 18.7 Å². The maximum atomic E-state index is 13.0. The second kappa shape index (κ2) is 9.42. The zero-order valence-corrected chi connectivity index (χ0v) is 14.0. The van der Waals surface area contributed by atoms with E-state index in [1.165, 1.54) is 12.1 Å². The summed E-state index contributed by atoms with van der Waals surface area (Å²) in [6.45, 7) is 0.316. The Hall–Kier alpha value is -2.89. The van der Waals surface area contributed by atoms with Crippen LogP contribution in [0, 0.1) is 5.82 Å². The number of benzene rings is 2. The standard InChI is InChI=1S/C19H21FN2O3/c1-21-19(24)12-14-6-2-3-9-17(14)22-18(23)10-5-11-25-16-8-4-7-15(20)13-16/h2-4,6-9,13H,5,10-12H2,1H3,(H,21,24)(H,22,23). The molecule has 0 aliphatic rings. The fourth-order valence-corrected chi connectivity index (χ4v) is 2.25. The topological polar surface area (TPSA) is 67.4 Å². The Morgan fingerprint density at radius 3 is 2.64 bits per heavy atom. The minimum Gasteiger partial charge on any atom is -0.493 e. The van der Waals surface area contributed by atoms with E-state index in [2.05, 4.69) is 10.6 Å². The molecule has 0 radical (unpaired) electrons. The number of para-hydroxylation sites is 1. The van der Waals surface area contributed by atoms with Crippen molar-refractivity contribution in [3.63, 3.8) is 0 Å². The molecule has 2 N–H and O–H groups in total. The average Bonchev–Trinajstić information content (AvgIpc) is 2.60. The number of hydrogen-bond donors (Lipinski definition) is 2. The Labute approximate surface area is 146 Å². The maximum Gasteiger partial charge on any atom is 0.224 e. The minimum absolute atomic E-state index is 0.120. The maximum absolute atomic E-state index is 13.0. The molecule has 0 aliphatic carbocycles. The zero-order valence-electron chi connectivity index (χ0n) is 14.0. The van der Waals surface area contributed by atoms with E-state index < -0.39 is 0 Å². The van der Waals surface area contributed by atoms with Crippen molar-refractivity contribution in [2.45, 2.75) is 19.3 Å². The summed E-state index contributed by atoms with van der Waals surface area (Å²) in [5, 5.41) is 5.37. The quantitative estimate of drug-likeness (QED) is 0.724. The van der Waals surface area contributed by atoms with Crippen LogP contribution in [-0.2, 0) is 16.0 Å². The largest absolute Gasteiger partial charge is 0.493 e. The number of rotatable bonds is 8. The first-order valence-electron chi connectivity index (χ1n) is 8.05. The van der Waals surface area contributed by atoms with Gasteiger partial charge in [-0.05, 0) is 30.2 Å². The summed E-state index contributed by atoms with van der Waals surface area (Å²) >= 11 is 0. The van der Waals surface area contributed by atoms with E-state index in [-0.39, 0.29) is 30.5 Å². The van der Waals surface area contributed by atoms with E-state index in [1.54, 1.807) is 37.4 Å². The lowest BCUT2D eigenvalue weighted by Gasteiger charge is -2.11. The van der Waals surface area contributed by atoms with Gasteiger partial charge >= 0.3 is 0 Å². The van der Waals surface area contributed by atoms with Crippen LogP contribution >= 0.6 is 0 Å². The van der Waals surface area contributed by atoms with Crippen LogP contribution in [0.2, 0.25) is 0 Å². The number of hydrogen-bond acceptors (Lipinski definition) is 3. The molecule has 0 fully saturated rings. The highest BCUT2D eigenvalue weighted by atomic mass is 19.1. The van der Waals surface area contributed by atoms with Crippen LogP contribution < -0.4 is 15.4 Å². The van der Waals surface area contributed by atoms with Crippen molar-refractivity contribution in [3.05, 3.63) is 59.9 Å². The molecule has 25 heavy (non-hydrogen) atoms. The van der Waals surface area contributed by atoms with E-state index >= 15 is 0 Å². The number of amides is 2. The monoisotopic (exact) mass is 344 g/mol. The molecule has 2 rings (SSSR count). The predicted octanol–water partition coefficient (Wildman–Crippen LogP) is 2.91. The normalized spacial score (nSPS) is 10.2. The summed E-state index contributed by atoms with van der Waals surface area (Å²) in [6, 6.07) is 13.1. The summed E-state index contributed by atoms with van der Waals surface area (Å²) in [6.07, 6.45) is 0.971. The van der Waals surface area contributed by atoms with E-state index in [4.69, 9.17) is 4.74 Å². The lowest BCUT2D eigenvalue weighted by atomic mass is 10.1. The molecule has 2 aromatic carbocycles. The van der Waals surface area contributed by atoms with Crippen LogP contribution in [0.15, 0.2) is 48.5 Å². The van der Waals surface area contributed by atoms with Gasteiger partial charge in [0, 0.05) is 25.2 Å². The second-order valence-electron chi connectivity index (χ2n) is 5.46. The predicted molar refractivity (Wildman–Crippen MR) is 94.0 cm³/mol. The minimum atomic E-state index is -0.358. The smallest absolute Gasteiger partial charge is 0.224 e. The van der Waals surface area contributed by atoms with Crippen molar-refractivity contribution in [2.24, 2.45) is 0 Å². The summed E-state index contributed by atoms with van der Waals surface area (Å²) in [4.78, 5) is 23.6. The molecule has 0 aromatic heterocycles. The second-order valence-corrected chi connectivity index (χ2v) is 5.46. The van der Waals surface area contributed by atoms with Gasteiger partial charge in [0.2, 0.25) is 11.8 Å². The van der Waals surface area contributed by atoms with E-state index in [0.717, 1.165) is 5.56 Å². The molecule has 2 aromatic rings. The fraction of sp³-hybridized carbons (Fsp3) is 0.263. The first-order valence-corrected chi connectivity index (χ1v) is 8.05. The first kappa shape index (κ1) is 18.4. The Morgan fingerprint density at radius 2 is 1.88 bits per heavy atom. The third-order valence-corrected chi connectivity index (χ3v) is 3.53. The van der Waals surface area contributed by atoms with Gasteiger partial charge in [0.15, 0.2) is 0 Å². The van der Waals surface area contributed by atoms with Crippen molar-refractivity contribution in [1.82, 2.24) is 5.32 Å². The molecule has 0 spiro atoms. The first-order chi connectivity index (χ1) is 12.1. The Balaban J connectivity index is 1.79. The molecule has 5 nitrogen and oxygen atoms in total. The van der Waals surface area contributed by atoms with E-state index in [1.807, 2.05) is 6.07 Å². The average molecular weight is 344 g/mol. The van der Waals surface area contributed by atoms with Gasteiger partial charge < -0.3 is 15.4 Å². The number of halogens is 1. The number of ether oxygens (including phenoxy) is 1. The van der Waals surface area contributed by atoms with Gasteiger partial charge in [0.1, 0.15) is 11.6 Å². The highest BCUT2D eigenvalue weighted by molar-refractivity contribution is 5.92. The van der Waals surface area contributed by atoms with Crippen LogP contribution in [0.3, 0.4) is 0 Å². The van der Waals surface area contributed by atoms with Gasteiger partial charge in [-0.1, -0.05) is 24.3 Å². The van der Waals surface area contributed by atoms with Crippen molar-refractivity contribution >= 4 is 17.5 Å². The van der Waals surface area contributed by atoms with Crippen molar-refractivity contribution in [1.29, 1.82) is 0 Å². The van der Waals surface area contributed by atoms with Crippen LogP contribution in [-0.4, -0.2) is 25.5 Å². The van der Waals surface area contributed by atoms with Gasteiger partial charge in [-0.2, -0.15) is 0 Å². The molecule has 0 heterocycles. The number of anilines is 1. The highest BCUT2D eigenvalue weighted by Crippen LogP contribution is 2.16. The number of nitrogens with one attached hydrogen (secondary N) is 2. The Morgan fingerprint density at radius 1 is 1.08 bits per heavy atom. The van der Waals surface area contributed by atoms with E-state index in [9.17, 15) is 14.0 Å². The molecule has 0 bridgehead atoms. The van der Waals surface area contributed by atoms with Gasteiger partial charge in [0.05, 0.1) is 13.0 Å². The van der Waals surface area contributed by atoms with Gasteiger partial charge in [-0.3, -0.25) is 9.59 Å². The van der Waals surface area contributed by atoms with Crippen LogP contribution in [0.5, 0.6) is 5.75 Å². The highest BCUT2D eigenvalue weighted by Gasteiger charge is 2.09. The molecule has 0 aliphatic heterocycles. The molecule has 6 heteroatoms. The van der Waals surface area contributed by atoms with Gasteiger partial charge in [0.25, 0.3) is 0 Å². The Kier molecular flexibility index (Phi) is 6.95. The summed E-state index contributed by atoms with van der Waals surface area (Å²) in [5.41, 5.74) is 1.38. The summed E-state index contributed by atoms with van der Waals surface area (Å²) in [5.74, 6) is -0.198. The van der Waals surface area contributed by atoms with Gasteiger partial charge in [-0.15, -0.1) is 0 Å². The number of carbonyl (C=O) groups excluding carboxylic acids is 2. The number of likely N-dealkylation sites (N-methyl/N-ethyl adjacent to an activating group) is 1. The third kappa shape index (κ3) is 6.25. The van der Waals surface area contributed by atoms with Crippen LogP contribution in [0.4, 0.5) is 10.1 Å². The molecular weight excluding hydrogens is 323 g/mol. The zero-order chi connectivity index (χ0) is 18.1. The lowest BCUT2D eigenvalue weighted by Crippen LogP contribution is -2.21. The molecule has 0 atom stereocenters. The molecule has 0 saturated heterocycles. The van der Waals surface area contributed by atoms with Crippen LogP contribution in [0.25, 0.3) is 0 Å². The van der Waals surface area contributed by atoms with Crippen molar-refractivity contribution in [2.75, 3.05) is 19.0 Å². The lowest BCUT2D eigenvalue weighted by molar-refractivity contribution is -0.120. The number of carbonyl (C=O) groups is 2. The SMILES string of the molecule is CNC(=O)Cc1ccccc1NC(=O)CCCOc1cccc(F)c1. The van der Waals surface area contributed by atoms with E-state index in [0.29, 0.717) is 24.5 Å². The van der Waals surface area contributed by atoms with Crippen LogP contribution in [0.1, 0.15) is 18.4 Å². The molecule has 0 saturated carbocycles. The molecular formula is C19H21FN2O3. The fourth-order valence-electron chi connectivity index (χ4n) is 2.25. The summed E-state index contributed by atoms with van der Waals surface area (Å²) in [7, 11) is 1.57. The third-order valence-electron chi connectivity index (χ3n) is 3.53. The summed E-state index contributed by atoms with van der Waals surface area (Å²) < 4.78 is 18.4. The van der Waals surface area contributed by atoms with Gasteiger partial charge in [-0.25, -0.2) is 4.39 Å².